The van der Waals surface area contributed by atoms with Gasteiger partial charge >= 0.3 is 0 Å². The van der Waals surface area contributed by atoms with Gasteiger partial charge in [0.25, 0.3) is 11.6 Å². The van der Waals surface area contributed by atoms with E-state index < -0.39 is 0 Å². The molecule has 3 aromatic rings. The van der Waals surface area contributed by atoms with Crippen LogP contribution in [0.15, 0.2) is 28.8 Å². The lowest BCUT2D eigenvalue weighted by atomic mass is 10.0. The van der Waals surface area contributed by atoms with E-state index in [2.05, 4.69) is 20.8 Å². The van der Waals surface area contributed by atoms with Crippen LogP contribution >= 0.6 is 0 Å². The second kappa shape index (κ2) is 7.67. The monoisotopic (exact) mass is 382 g/mol. The number of rotatable bonds is 5. The number of benzene rings is 1. The normalized spacial score (nSPS) is 10.9. The van der Waals surface area contributed by atoms with Crippen molar-refractivity contribution in [1.29, 1.82) is 0 Å². The fraction of sp³-hybridized carbons (Fsp3) is 0.300. The Labute approximate surface area is 162 Å². The molecule has 0 aliphatic rings. The Kier molecular flexibility index (Phi) is 5.30. The SMILES string of the molecule is COc1ccc(NC(=O)c2cc(C(C)C)nc3onc(C)c23)cc1NC(C)=O. The third-order valence-electron chi connectivity index (χ3n) is 4.24. The van der Waals surface area contributed by atoms with E-state index in [1.807, 2.05) is 13.8 Å². The van der Waals surface area contributed by atoms with Gasteiger partial charge in [-0.3, -0.25) is 9.59 Å². The van der Waals surface area contributed by atoms with E-state index in [-0.39, 0.29) is 17.7 Å². The maximum absolute atomic E-state index is 13.0. The molecule has 0 aliphatic carbocycles. The maximum Gasteiger partial charge on any atom is 0.259 e. The van der Waals surface area contributed by atoms with Gasteiger partial charge in [0.15, 0.2) is 0 Å². The van der Waals surface area contributed by atoms with Crippen molar-refractivity contribution in [2.24, 2.45) is 0 Å². The number of hydrogen-bond acceptors (Lipinski definition) is 6. The molecule has 0 atom stereocenters. The summed E-state index contributed by atoms with van der Waals surface area (Å²) in [4.78, 5) is 28.9. The summed E-state index contributed by atoms with van der Waals surface area (Å²) < 4.78 is 10.5. The summed E-state index contributed by atoms with van der Waals surface area (Å²) in [7, 11) is 1.51. The highest BCUT2D eigenvalue weighted by Gasteiger charge is 2.20. The van der Waals surface area contributed by atoms with Crippen molar-refractivity contribution in [3.8, 4) is 5.75 Å². The van der Waals surface area contributed by atoms with Crippen LogP contribution in [0.25, 0.3) is 11.1 Å². The quantitative estimate of drug-likeness (QED) is 0.694. The highest BCUT2D eigenvalue weighted by Crippen LogP contribution is 2.29. The minimum absolute atomic E-state index is 0.119. The van der Waals surface area contributed by atoms with Crippen LogP contribution in [-0.2, 0) is 4.79 Å². The molecule has 0 radical (unpaired) electrons. The van der Waals surface area contributed by atoms with E-state index in [1.165, 1.54) is 14.0 Å². The number of nitrogens with zero attached hydrogens (tertiary/aromatic N) is 2. The van der Waals surface area contributed by atoms with E-state index in [9.17, 15) is 9.59 Å². The molecule has 0 bridgehead atoms. The molecule has 0 aliphatic heterocycles. The van der Waals surface area contributed by atoms with Gasteiger partial charge in [-0.25, -0.2) is 4.98 Å². The molecule has 0 unspecified atom stereocenters. The summed E-state index contributed by atoms with van der Waals surface area (Å²) in [6.07, 6.45) is 0. The predicted octanol–water partition coefficient (Wildman–Crippen LogP) is 3.87. The lowest BCUT2D eigenvalue weighted by Crippen LogP contribution is -2.14. The van der Waals surface area contributed by atoms with E-state index in [0.29, 0.717) is 39.5 Å². The Bertz CT molecular complexity index is 1060. The van der Waals surface area contributed by atoms with E-state index in [4.69, 9.17) is 9.26 Å². The minimum atomic E-state index is -0.320. The molecule has 8 heteroatoms. The Morgan fingerprint density at radius 1 is 1.18 bits per heavy atom. The molecule has 2 aromatic heterocycles. The second-order valence-corrected chi connectivity index (χ2v) is 6.75. The molecule has 2 N–H and O–H groups in total. The van der Waals surface area contributed by atoms with Crippen LogP contribution in [0.2, 0.25) is 0 Å². The van der Waals surface area contributed by atoms with Crippen molar-refractivity contribution in [2.75, 3.05) is 17.7 Å². The lowest BCUT2D eigenvalue weighted by Gasteiger charge is -2.13. The van der Waals surface area contributed by atoms with Crippen LogP contribution in [0.5, 0.6) is 5.75 Å². The number of aromatic nitrogens is 2. The first-order valence-corrected chi connectivity index (χ1v) is 8.84. The van der Waals surface area contributed by atoms with Crippen molar-refractivity contribution in [3.05, 3.63) is 41.2 Å². The number of methoxy groups -OCH3 is 1. The van der Waals surface area contributed by atoms with Crippen LogP contribution in [-0.4, -0.2) is 29.1 Å². The average molecular weight is 382 g/mol. The van der Waals surface area contributed by atoms with Crippen LogP contribution < -0.4 is 15.4 Å². The van der Waals surface area contributed by atoms with Crippen molar-refractivity contribution in [1.82, 2.24) is 10.1 Å². The Morgan fingerprint density at radius 3 is 2.57 bits per heavy atom. The van der Waals surface area contributed by atoms with E-state index in [1.54, 1.807) is 31.2 Å². The zero-order valence-electron chi connectivity index (χ0n) is 16.4. The lowest BCUT2D eigenvalue weighted by molar-refractivity contribution is -0.114. The summed E-state index contributed by atoms with van der Waals surface area (Å²) in [5.74, 6) is 0.0593. The van der Waals surface area contributed by atoms with Gasteiger partial charge < -0.3 is 19.9 Å². The van der Waals surface area contributed by atoms with Gasteiger partial charge in [0.05, 0.1) is 29.4 Å². The molecule has 3 rings (SSSR count). The molecule has 146 valence electrons. The molecule has 2 heterocycles. The fourth-order valence-electron chi connectivity index (χ4n) is 2.86. The number of anilines is 2. The van der Waals surface area contributed by atoms with E-state index >= 15 is 0 Å². The molecule has 2 amide bonds. The van der Waals surface area contributed by atoms with Gasteiger partial charge in [-0.15, -0.1) is 0 Å². The molecule has 8 nitrogen and oxygen atoms in total. The van der Waals surface area contributed by atoms with Crippen molar-refractivity contribution >= 4 is 34.3 Å². The summed E-state index contributed by atoms with van der Waals surface area (Å²) >= 11 is 0. The first-order chi connectivity index (χ1) is 13.3. The number of ether oxygens (including phenoxy) is 1. The van der Waals surface area contributed by atoms with Crippen LogP contribution in [0.1, 0.15) is 48.4 Å². The number of amides is 2. The maximum atomic E-state index is 13.0. The molecule has 1 aromatic carbocycles. The van der Waals surface area contributed by atoms with Gasteiger partial charge in [-0.1, -0.05) is 19.0 Å². The Hall–Kier alpha value is -3.42. The number of aryl methyl sites for hydroxylation is 1. The fourth-order valence-corrected chi connectivity index (χ4v) is 2.86. The number of hydrogen-bond donors (Lipinski definition) is 2. The number of fused-ring (bicyclic) bond motifs is 1. The van der Waals surface area contributed by atoms with Crippen molar-refractivity contribution in [2.45, 2.75) is 33.6 Å². The van der Waals surface area contributed by atoms with Crippen LogP contribution in [0.3, 0.4) is 0 Å². The molecule has 0 saturated carbocycles. The molecule has 0 fully saturated rings. The van der Waals surface area contributed by atoms with Crippen LogP contribution in [0.4, 0.5) is 11.4 Å². The summed E-state index contributed by atoms with van der Waals surface area (Å²) in [5, 5.41) is 10.1. The van der Waals surface area contributed by atoms with Crippen molar-refractivity contribution < 1.29 is 18.8 Å². The predicted molar refractivity (Wildman–Crippen MR) is 106 cm³/mol. The molecule has 28 heavy (non-hydrogen) atoms. The first-order valence-electron chi connectivity index (χ1n) is 8.84. The second-order valence-electron chi connectivity index (χ2n) is 6.75. The van der Waals surface area contributed by atoms with Crippen LogP contribution in [0, 0.1) is 6.92 Å². The smallest absolute Gasteiger partial charge is 0.259 e. The number of nitrogens with one attached hydrogen (secondary N) is 2. The summed E-state index contributed by atoms with van der Waals surface area (Å²) in [5.41, 5.74) is 3.09. The summed E-state index contributed by atoms with van der Waals surface area (Å²) in [6, 6.07) is 6.77. The van der Waals surface area contributed by atoms with Crippen molar-refractivity contribution in [3.63, 3.8) is 0 Å². The highest BCUT2D eigenvalue weighted by molar-refractivity contribution is 6.12. The molecule has 0 saturated heterocycles. The number of pyridine rings is 1. The Morgan fingerprint density at radius 2 is 1.93 bits per heavy atom. The average Bonchev–Trinajstić information content (AvgIpc) is 3.02. The largest absolute Gasteiger partial charge is 0.495 e. The van der Waals surface area contributed by atoms with Gasteiger partial charge in [-0.05, 0) is 37.1 Å². The molecular formula is C20H22N4O4. The molecular weight excluding hydrogens is 360 g/mol. The topological polar surface area (TPSA) is 106 Å². The number of carbonyl (C=O) groups is 2. The van der Waals surface area contributed by atoms with Gasteiger partial charge in [0.1, 0.15) is 5.75 Å². The standard InChI is InChI=1S/C20H22N4O4/c1-10(2)15-9-14(18-11(3)24-28-20(18)23-15)19(26)22-13-6-7-17(27-5)16(8-13)21-12(4)25/h6-10H,1-5H3,(H,21,25)(H,22,26). The molecule has 0 spiro atoms. The van der Waals surface area contributed by atoms with Gasteiger partial charge in [0, 0.05) is 18.3 Å². The third-order valence-corrected chi connectivity index (χ3v) is 4.24. The minimum Gasteiger partial charge on any atom is -0.495 e. The van der Waals surface area contributed by atoms with E-state index in [0.717, 1.165) is 5.69 Å². The Balaban J connectivity index is 1.99. The first kappa shape index (κ1) is 19.3. The van der Waals surface area contributed by atoms with Gasteiger partial charge in [-0.2, -0.15) is 0 Å². The highest BCUT2D eigenvalue weighted by atomic mass is 16.5. The zero-order chi connectivity index (χ0) is 20.4. The third kappa shape index (κ3) is 3.80. The number of carbonyl (C=O) groups excluding carboxylic acids is 2. The van der Waals surface area contributed by atoms with Gasteiger partial charge in [0.2, 0.25) is 5.91 Å². The summed E-state index contributed by atoms with van der Waals surface area (Å²) in [6.45, 7) is 7.15. The zero-order valence-corrected chi connectivity index (χ0v) is 16.4.